The second-order valence-corrected chi connectivity index (χ2v) is 8.79. The number of nitrogens with zero attached hydrogens (tertiary/aromatic N) is 3. The smallest absolute Gasteiger partial charge is 0.144 e. The van der Waals surface area contributed by atoms with Crippen LogP contribution in [0.4, 0.5) is 0 Å². The maximum absolute atomic E-state index is 9.86. The Morgan fingerprint density at radius 3 is 2.08 bits per heavy atom. The topological polar surface area (TPSA) is 41.9 Å². The molecule has 0 aliphatic carbocycles. The molecule has 1 N–H and O–H groups in total. The third kappa shape index (κ3) is 5.50. The first-order valence-corrected chi connectivity index (χ1v) is 12.1. The molecule has 2 aromatic heterocycles. The van der Waals surface area contributed by atoms with Gasteiger partial charge < -0.3 is 14.2 Å². The average Bonchev–Trinajstić information content (AvgIpc) is 3.27. The van der Waals surface area contributed by atoms with Crippen LogP contribution in [0.3, 0.4) is 0 Å². The van der Waals surface area contributed by atoms with Crippen LogP contribution < -0.4 is 4.57 Å². The largest absolute Gasteiger partial charge is 0.507 e. The van der Waals surface area contributed by atoms with E-state index in [-0.39, 0.29) is 25.9 Å². The summed E-state index contributed by atoms with van der Waals surface area (Å²) in [5, 5.41) is 9.86. The molecule has 4 aromatic carbocycles. The zero-order chi connectivity index (χ0) is 25.8. The van der Waals surface area contributed by atoms with E-state index in [0.717, 1.165) is 39.2 Å². The van der Waals surface area contributed by atoms with Crippen molar-refractivity contribution in [2.45, 2.75) is 0 Å². The van der Waals surface area contributed by atoms with Crippen LogP contribution in [0.5, 0.6) is 5.75 Å². The fourth-order valence-corrected chi connectivity index (χ4v) is 4.39. The molecule has 6 aromatic rings. The Bertz CT molecular complexity index is 1680. The summed E-state index contributed by atoms with van der Waals surface area (Å²) in [6, 6.07) is 37.9. The minimum absolute atomic E-state index is 0. The first-order chi connectivity index (χ1) is 18.0. The van der Waals surface area contributed by atoms with E-state index in [4.69, 9.17) is 0 Å². The van der Waals surface area contributed by atoms with Crippen LogP contribution in [-0.4, -0.2) is 14.7 Å². The van der Waals surface area contributed by atoms with Crippen LogP contribution in [0.2, 0.25) is 0 Å². The first kappa shape index (κ1) is 26.7. The molecule has 0 saturated carbocycles. The van der Waals surface area contributed by atoms with Gasteiger partial charge in [0.25, 0.3) is 0 Å². The Labute approximate surface area is 237 Å². The molecule has 0 atom stereocenters. The molecule has 191 valence electrons. The van der Waals surface area contributed by atoms with Gasteiger partial charge in [-0.05, 0) is 41.5 Å². The number of phenols is 1. The molecular formula is C33H28IrN3O-. The standard InChI is InChI=1S/C19H16N.C14H12N2O.Ir/c1-15-8-6-7-11-18(15)19-14-17(12-13-20(19)2)16-9-4-3-5-10-16;1-16-12-8-4-3-7-11(12)15-14(16)10-6-2-5-9-13(10)17;/h3-14H,1-2H2;2-9,17H,1H3;/q-1;;. The van der Waals surface area contributed by atoms with Gasteiger partial charge in [-0.2, -0.15) is 18.6 Å². The van der Waals surface area contributed by atoms with Gasteiger partial charge in [0.15, 0.2) is 0 Å². The van der Waals surface area contributed by atoms with E-state index in [2.05, 4.69) is 61.4 Å². The maximum Gasteiger partial charge on any atom is 0.144 e. The number of fused-ring (bicyclic) bond motifs is 1. The van der Waals surface area contributed by atoms with Gasteiger partial charge in [0.1, 0.15) is 11.6 Å². The predicted octanol–water partition coefficient (Wildman–Crippen LogP) is 7.07. The minimum Gasteiger partial charge on any atom is -0.507 e. The molecule has 0 unspecified atom stereocenters. The van der Waals surface area contributed by atoms with Gasteiger partial charge in [0.05, 0.1) is 28.5 Å². The Hall–Kier alpha value is -4.31. The molecule has 0 amide bonds. The number of aryl methyl sites for hydroxylation is 1. The van der Waals surface area contributed by atoms with Crippen LogP contribution in [0.25, 0.3) is 44.8 Å². The van der Waals surface area contributed by atoms with Crippen LogP contribution >= 0.6 is 0 Å². The van der Waals surface area contributed by atoms with Gasteiger partial charge >= 0.3 is 0 Å². The molecule has 0 spiro atoms. The molecule has 0 bridgehead atoms. The zero-order valence-electron chi connectivity index (χ0n) is 21.1. The number of pyridine rings is 1. The second-order valence-electron chi connectivity index (χ2n) is 8.79. The van der Waals surface area contributed by atoms with Gasteiger partial charge in [0.2, 0.25) is 0 Å². The Morgan fingerprint density at radius 1 is 0.737 bits per heavy atom. The van der Waals surface area contributed by atoms with E-state index in [9.17, 15) is 5.11 Å². The molecule has 2 heterocycles. The molecule has 38 heavy (non-hydrogen) atoms. The summed E-state index contributed by atoms with van der Waals surface area (Å²) in [7, 11) is 6.02. The molecule has 0 saturated heterocycles. The van der Waals surface area contributed by atoms with E-state index in [0.29, 0.717) is 0 Å². The van der Waals surface area contributed by atoms with Gasteiger partial charge in [-0.25, -0.2) is 4.98 Å². The molecule has 0 aliphatic rings. The summed E-state index contributed by atoms with van der Waals surface area (Å²) in [5.41, 5.74) is 8.33. The van der Waals surface area contributed by atoms with Crippen molar-refractivity contribution in [1.29, 1.82) is 0 Å². The molecule has 5 heteroatoms. The van der Waals surface area contributed by atoms with E-state index in [1.54, 1.807) is 6.07 Å². The second kappa shape index (κ2) is 11.8. The van der Waals surface area contributed by atoms with Gasteiger partial charge in [0, 0.05) is 34.2 Å². The molecular weight excluding hydrogens is 647 g/mol. The fourth-order valence-electron chi connectivity index (χ4n) is 4.39. The number of aromatic nitrogens is 3. The van der Waals surface area contributed by atoms with Gasteiger partial charge in [-0.3, -0.25) is 0 Å². The van der Waals surface area contributed by atoms with Crippen molar-refractivity contribution in [3.8, 4) is 39.5 Å². The van der Waals surface area contributed by atoms with Crippen molar-refractivity contribution in [3.05, 3.63) is 141 Å². The summed E-state index contributed by atoms with van der Waals surface area (Å²) in [6.07, 6.45) is 1.99. The predicted molar refractivity (Wildman–Crippen MR) is 151 cm³/mol. The summed E-state index contributed by atoms with van der Waals surface area (Å²) in [4.78, 5) is 4.55. The molecule has 1 radical (unpaired) electrons. The van der Waals surface area contributed by atoms with Crippen LogP contribution in [0, 0.1) is 14.0 Å². The fraction of sp³-hybridized carbons (Fsp3) is 0.0303. The number of para-hydroxylation sites is 3. The maximum atomic E-state index is 9.86. The number of aromatic hydroxyl groups is 1. The van der Waals surface area contributed by atoms with E-state index < -0.39 is 0 Å². The summed E-state index contributed by atoms with van der Waals surface area (Å²) in [5.74, 6) is 1.04. The molecule has 0 aliphatic heterocycles. The average molecular weight is 675 g/mol. The normalized spacial score (nSPS) is 10.3. The summed E-state index contributed by atoms with van der Waals surface area (Å²) < 4.78 is 3.88. The van der Waals surface area contributed by atoms with Crippen molar-refractivity contribution in [1.82, 2.24) is 9.55 Å². The number of phenolic OH excluding ortho intramolecular Hbond substituents is 1. The third-order valence-corrected chi connectivity index (χ3v) is 6.37. The van der Waals surface area contributed by atoms with Crippen molar-refractivity contribution < 1.29 is 29.8 Å². The van der Waals surface area contributed by atoms with E-state index >= 15 is 0 Å². The van der Waals surface area contributed by atoms with Gasteiger partial charge in [-0.15, -0.1) is 17.7 Å². The van der Waals surface area contributed by atoms with Crippen LogP contribution in [0.1, 0.15) is 5.56 Å². The first-order valence-electron chi connectivity index (χ1n) is 12.1. The van der Waals surface area contributed by atoms with Crippen LogP contribution in [-0.2, 0) is 27.2 Å². The number of hydrogen-bond donors (Lipinski definition) is 1. The SMILES string of the molecule is Cn1c(-c2ccccc2O)nc2ccccc21.[CH2-]c1ccccc1-c1cc(-c2ccccc2)cc[n+]1[CH2-].[Ir]. The number of hydrogen-bond acceptors (Lipinski definition) is 2. The number of imidazole rings is 1. The van der Waals surface area contributed by atoms with Crippen molar-refractivity contribution in [2.75, 3.05) is 0 Å². The number of benzene rings is 4. The quantitative estimate of drug-likeness (QED) is 0.161. The third-order valence-electron chi connectivity index (χ3n) is 6.37. The van der Waals surface area contributed by atoms with Crippen LogP contribution in [0.15, 0.2) is 121 Å². The monoisotopic (exact) mass is 675 g/mol. The summed E-state index contributed by atoms with van der Waals surface area (Å²) in [6.45, 7) is 4.10. The van der Waals surface area contributed by atoms with Crippen molar-refractivity contribution >= 4 is 11.0 Å². The van der Waals surface area contributed by atoms with Crippen molar-refractivity contribution in [3.63, 3.8) is 0 Å². The minimum atomic E-state index is 0. The molecule has 6 rings (SSSR count). The Balaban J connectivity index is 0.000000174. The zero-order valence-corrected chi connectivity index (χ0v) is 23.5. The Morgan fingerprint density at radius 2 is 1.37 bits per heavy atom. The molecule has 0 fully saturated rings. The van der Waals surface area contributed by atoms with E-state index in [1.807, 2.05) is 89.1 Å². The molecule has 4 nitrogen and oxygen atoms in total. The Kier molecular flexibility index (Phi) is 8.32. The van der Waals surface area contributed by atoms with Crippen molar-refractivity contribution in [2.24, 2.45) is 7.05 Å². The number of rotatable bonds is 3. The van der Waals surface area contributed by atoms with E-state index in [1.165, 1.54) is 11.1 Å². The van der Waals surface area contributed by atoms with Gasteiger partial charge in [-0.1, -0.05) is 66.7 Å². The summed E-state index contributed by atoms with van der Waals surface area (Å²) >= 11 is 0.